The maximum absolute atomic E-state index is 12.0. The van der Waals surface area contributed by atoms with Crippen molar-refractivity contribution >= 4 is 11.9 Å². The quantitative estimate of drug-likeness (QED) is 0.666. The SMILES string of the molecule is COC(=O)C1=C(OC)C(=O)N(C(C)C)C1C. The fourth-order valence-electron chi connectivity index (χ4n) is 1.99. The van der Waals surface area contributed by atoms with Gasteiger partial charge in [-0.2, -0.15) is 0 Å². The topological polar surface area (TPSA) is 55.8 Å². The summed E-state index contributed by atoms with van der Waals surface area (Å²) in [6, 6.07) is -0.301. The second-order valence-corrected chi connectivity index (χ2v) is 3.92. The summed E-state index contributed by atoms with van der Waals surface area (Å²) in [5.41, 5.74) is 0.295. The van der Waals surface area contributed by atoms with Gasteiger partial charge in [-0.1, -0.05) is 0 Å². The van der Waals surface area contributed by atoms with Crippen molar-refractivity contribution in [3.05, 3.63) is 11.3 Å². The van der Waals surface area contributed by atoms with Gasteiger partial charge in [0.1, 0.15) is 5.57 Å². The van der Waals surface area contributed by atoms with E-state index in [1.54, 1.807) is 11.8 Å². The Hall–Kier alpha value is -1.52. The third-order valence-electron chi connectivity index (χ3n) is 2.67. The summed E-state index contributed by atoms with van der Waals surface area (Å²) in [6.07, 6.45) is 0. The molecule has 5 heteroatoms. The Morgan fingerprint density at radius 3 is 2.31 bits per heavy atom. The Morgan fingerprint density at radius 2 is 1.94 bits per heavy atom. The summed E-state index contributed by atoms with van der Waals surface area (Å²) in [5, 5.41) is 0. The molecule has 1 atom stereocenters. The van der Waals surface area contributed by atoms with Crippen LogP contribution in [0.4, 0.5) is 0 Å². The molecule has 0 saturated carbocycles. The van der Waals surface area contributed by atoms with Gasteiger partial charge in [0.25, 0.3) is 5.91 Å². The molecule has 0 aliphatic carbocycles. The zero-order valence-corrected chi connectivity index (χ0v) is 10.2. The summed E-state index contributed by atoms with van der Waals surface area (Å²) in [6.45, 7) is 5.57. The van der Waals surface area contributed by atoms with Crippen LogP contribution in [0, 0.1) is 0 Å². The molecule has 16 heavy (non-hydrogen) atoms. The fraction of sp³-hybridized carbons (Fsp3) is 0.636. The fourth-order valence-corrected chi connectivity index (χ4v) is 1.99. The Bertz CT molecular complexity index is 346. The number of carbonyl (C=O) groups is 2. The highest BCUT2D eigenvalue weighted by molar-refractivity contribution is 6.06. The highest BCUT2D eigenvalue weighted by Gasteiger charge is 2.42. The molecule has 0 saturated heterocycles. The van der Waals surface area contributed by atoms with E-state index in [1.165, 1.54) is 14.2 Å². The minimum Gasteiger partial charge on any atom is -0.491 e. The van der Waals surface area contributed by atoms with Gasteiger partial charge in [0.2, 0.25) is 0 Å². The van der Waals surface area contributed by atoms with Gasteiger partial charge >= 0.3 is 5.97 Å². The number of amides is 1. The maximum atomic E-state index is 12.0. The molecule has 0 radical (unpaired) electrons. The van der Waals surface area contributed by atoms with E-state index in [-0.39, 0.29) is 23.8 Å². The highest BCUT2D eigenvalue weighted by atomic mass is 16.5. The van der Waals surface area contributed by atoms with E-state index in [0.29, 0.717) is 5.57 Å². The van der Waals surface area contributed by atoms with Crippen LogP contribution in [-0.4, -0.2) is 43.1 Å². The molecule has 0 aromatic carbocycles. The average Bonchev–Trinajstić information content (AvgIpc) is 2.48. The normalized spacial score (nSPS) is 20.8. The molecular formula is C11H17NO4. The van der Waals surface area contributed by atoms with Crippen LogP contribution in [0.15, 0.2) is 11.3 Å². The zero-order chi connectivity index (χ0) is 12.5. The lowest BCUT2D eigenvalue weighted by molar-refractivity contribution is -0.136. The molecule has 0 N–H and O–H groups in total. The molecule has 0 aromatic rings. The minimum atomic E-state index is -0.513. The molecule has 1 rings (SSSR count). The van der Waals surface area contributed by atoms with Gasteiger partial charge in [-0.15, -0.1) is 0 Å². The molecule has 1 aliphatic rings. The van der Waals surface area contributed by atoms with Crippen LogP contribution in [0.3, 0.4) is 0 Å². The van der Waals surface area contributed by atoms with Crippen molar-refractivity contribution in [2.45, 2.75) is 32.9 Å². The second kappa shape index (κ2) is 4.55. The maximum Gasteiger partial charge on any atom is 0.339 e. The van der Waals surface area contributed by atoms with Gasteiger partial charge in [-0.25, -0.2) is 4.79 Å². The average molecular weight is 227 g/mol. The zero-order valence-electron chi connectivity index (χ0n) is 10.2. The molecule has 0 aromatic heterocycles. The Kier molecular flexibility index (Phi) is 3.57. The van der Waals surface area contributed by atoms with Gasteiger partial charge < -0.3 is 14.4 Å². The van der Waals surface area contributed by atoms with E-state index in [0.717, 1.165) is 0 Å². The third-order valence-corrected chi connectivity index (χ3v) is 2.67. The van der Waals surface area contributed by atoms with Gasteiger partial charge in [0.05, 0.1) is 20.3 Å². The van der Waals surface area contributed by atoms with Gasteiger partial charge in [-0.3, -0.25) is 4.79 Å². The number of carbonyl (C=O) groups excluding carboxylic acids is 2. The van der Waals surface area contributed by atoms with Crippen LogP contribution in [0.1, 0.15) is 20.8 Å². The van der Waals surface area contributed by atoms with Crippen LogP contribution >= 0.6 is 0 Å². The molecule has 1 aliphatic heterocycles. The standard InChI is InChI=1S/C11H17NO4/c1-6(2)12-7(3)8(11(14)16-5)9(15-4)10(12)13/h6-7H,1-5H3. The Balaban J connectivity index is 3.16. The van der Waals surface area contributed by atoms with E-state index in [4.69, 9.17) is 4.74 Å². The predicted molar refractivity (Wildman–Crippen MR) is 57.5 cm³/mol. The van der Waals surface area contributed by atoms with Crippen LogP contribution < -0.4 is 0 Å². The van der Waals surface area contributed by atoms with Crippen molar-refractivity contribution in [3.8, 4) is 0 Å². The number of rotatable bonds is 3. The lowest BCUT2D eigenvalue weighted by atomic mass is 10.1. The first-order chi connectivity index (χ1) is 7.45. The summed E-state index contributed by atoms with van der Waals surface area (Å²) in [7, 11) is 2.67. The van der Waals surface area contributed by atoms with E-state index < -0.39 is 5.97 Å². The predicted octanol–water partition coefficient (Wildman–Crippen LogP) is 0.699. The van der Waals surface area contributed by atoms with Crippen LogP contribution in [0.2, 0.25) is 0 Å². The highest BCUT2D eigenvalue weighted by Crippen LogP contribution is 2.28. The lowest BCUT2D eigenvalue weighted by Crippen LogP contribution is -2.40. The summed E-state index contributed by atoms with van der Waals surface area (Å²) < 4.78 is 9.65. The number of methoxy groups -OCH3 is 2. The Labute approximate surface area is 95.0 Å². The van der Waals surface area contributed by atoms with Gasteiger partial charge in [-0.05, 0) is 20.8 Å². The van der Waals surface area contributed by atoms with Crippen molar-refractivity contribution in [2.75, 3.05) is 14.2 Å². The summed E-state index contributed by atoms with van der Waals surface area (Å²) >= 11 is 0. The number of hydrogen-bond donors (Lipinski definition) is 0. The number of ether oxygens (including phenoxy) is 2. The van der Waals surface area contributed by atoms with Crippen molar-refractivity contribution in [1.82, 2.24) is 4.90 Å². The summed E-state index contributed by atoms with van der Waals surface area (Å²) in [4.78, 5) is 25.1. The number of esters is 1. The monoisotopic (exact) mass is 227 g/mol. The Morgan fingerprint density at radius 1 is 1.38 bits per heavy atom. The number of hydrogen-bond acceptors (Lipinski definition) is 4. The van der Waals surface area contributed by atoms with Crippen molar-refractivity contribution < 1.29 is 19.1 Å². The molecule has 90 valence electrons. The van der Waals surface area contributed by atoms with Crippen LogP contribution in [0.5, 0.6) is 0 Å². The molecule has 1 heterocycles. The molecule has 1 amide bonds. The first kappa shape index (κ1) is 12.5. The smallest absolute Gasteiger partial charge is 0.339 e. The van der Waals surface area contributed by atoms with E-state index in [9.17, 15) is 9.59 Å². The summed E-state index contributed by atoms with van der Waals surface area (Å²) in [5.74, 6) is -0.681. The molecule has 5 nitrogen and oxygen atoms in total. The number of nitrogens with zero attached hydrogens (tertiary/aromatic N) is 1. The van der Waals surface area contributed by atoms with Crippen molar-refractivity contribution in [3.63, 3.8) is 0 Å². The van der Waals surface area contributed by atoms with Crippen molar-refractivity contribution in [1.29, 1.82) is 0 Å². The van der Waals surface area contributed by atoms with Crippen LogP contribution in [0.25, 0.3) is 0 Å². The van der Waals surface area contributed by atoms with E-state index in [2.05, 4.69) is 4.74 Å². The minimum absolute atomic E-state index is 0.00908. The molecule has 0 spiro atoms. The molecule has 0 bridgehead atoms. The van der Waals surface area contributed by atoms with Gasteiger partial charge in [0.15, 0.2) is 5.76 Å². The molecule has 1 unspecified atom stereocenters. The first-order valence-corrected chi connectivity index (χ1v) is 5.14. The molecule has 0 fully saturated rings. The third kappa shape index (κ3) is 1.77. The van der Waals surface area contributed by atoms with Crippen LogP contribution in [-0.2, 0) is 19.1 Å². The van der Waals surface area contributed by atoms with E-state index >= 15 is 0 Å². The molecular weight excluding hydrogens is 210 g/mol. The lowest BCUT2D eigenvalue weighted by Gasteiger charge is -2.26. The second-order valence-electron chi connectivity index (χ2n) is 3.92. The van der Waals surface area contributed by atoms with Crippen molar-refractivity contribution in [2.24, 2.45) is 0 Å². The van der Waals surface area contributed by atoms with E-state index in [1.807, 2.05) is 13.8 Å². The van der Waals surface area contributed by atoms with Gasteiger partial charge in [0, 0.05) is 6.04 Å². The largest absolute Gasteiger partial charge is 0.491 e. The first-order valence-electron chi connectivity index (χ1n) is 5.14.